The average molecular weight is 473 g/mol. The molecular weight excluding hydrogens is 440 g/mol. The number of aromatic nitrogens is 4. The smallest absolute Gasteiger partial charge is 0.414 e. The number of nitrogens with one attached hydrogen (secondary N) is 1. The number of aryl methyl sites for hydroxylation is 1. The molecule has 35 heavy (non-hydrogen) atoms. The van der Waals surface area contributed by atoms with E-state index in [0.29, 0.717) is 5.69 Å². The number of hydrogen-bond donors (Lipinski definition) is 1. The second kappa shape index (κ2) is 9.84. The number of rotatable bonds is 6. The van der Waals surface area contributed by atoms with Gasteiger partial charge in [0.15, 0.2) is 0 Å². The summed E-state index contributed by atoms with van der Waals surface area (Å²) in [6, 6.07) is 14.4. The lowest BCUT2D eigenvalue weighted by Crippen LogP contribution is -2.27. The summed E-state index contributed by atoms with van der Waals surface area (Å²) in [6.45, 7) is 8.38. The van der Waals surface area contributed by atoms with Crippen LogP contribution >= 0.6 is 0 Å². The average Bonchev–Trinajstić information content (AvgIpc) is 3.16. The fourth-order valence-corrected chi connectivity index (χ4v) is 3.84. The number of anilines is 1. The number of pyridine rings is 1. The summed E-state index contributed by atoms with van der Waals surface area (Å²) in [5.74, 6) is 0.170. The van der Waals surface area contributed by atoms with E-state index in [1.54, 1.807) is 6.20 Å². The maximum absolute atomic E-state index is 12.3. The van der Waals surface area contributed by atoms with E-state index in [4.69, 9.17) is 9.72 Å². The summed E-state index contributed by atoms with van der Waals surface area (Å²) in [4.78, 5) is 28.2. The first-order chi connectivity index (χ1) is 16.6. The van der Waals surface area contributed by atoms with Gasteiger partial charge in [-0.25, -0.2) is 19.7 Å². The van der Waals surface area contributed by atoms with Gasteiger partial charge in [0, 0.05) is 24.5 Å². The number of carbonyl (C=O) groups is 1. The second-order valence-corrected chi connectivity index (χ2v) is 9.75. The van der Waals surface area contributed by atoms with E-state index in [-0.39, 0.29) is 5.95 Å². The summed E-state index contributed by atoms with van der Waals surface area (Å²) in [7, 11) is 4.09. The molecule has 0 bridgehead atoms. The summed E-state index contributed by atoms with van der Waals surface area (Å²) in [5, 5.41) is 2.64. The first-order valence-electron chi connectivity index (χ1n) is 11.7. The summed E-state index contributed by atoms with van der Waals surface area (Å²) in [6.07, 6.45) is 4.01. The molecule has 182 valence electrons. The lowest BCUT2D eigenvalue weighted by Gasteiger charge is -2.19. The molecule has 1 aromatic carbocycles. The highest BCUT2D eigenvalue weighted by Gasteiger charge is 2.20. The van der Waals surface area contributed by atoms with Gasteiger partial charge in [0.1, 0.15) is 11.2 Å². The van der Waals surface area contributed by atoms with Crippen LogP contribution in [-0.2, 0) is 17.7 Å². The summed E-state index contributed by atoms with van der Waals surface area (Å²) >= 11 is 0. The maximum Gasteiger partial charge on any atom is 0.414 e. The van der Waals surface area contributed by atoms with Crippen molar-refractivity contribution in [3.05, 3.63) is 66.0 Å². The number of benzene rings is 1. The Morgan fingerprint density at radius 3 is 2.46 bits per heavy atom. The quantitative estimate of drug-likeness (QED) is 0.403. The minimum atomic E-state index is -0.620. The van der Waals surface area contributed by atoms with Crippen molar-refractivity contribution in [1.29, 1.82) is 0 Å². The lowest BCUT2D eigenvalue weighted by molar-refractivity contribution is 0.0634. The highest BCUT2D eigenvalue weighted by molar-refractivity contribution is 5.84. The van der Waals surface area contributed by atoms with Crippen LogP contribution in [0.1, 0.15) is 38.8 Å². The molecule has 8 heteroatoms. The first-order valence-corrected chi connectivity index (χ1v) is 11.7. The van der Waals surface area contributed by atoms with E-state index < -0.39 is 11.7 Å². The molecule has 4 rings (SSSR count). The maximum atomic E-state index is 12.3. The van der Waals surface area contributed by atoms with E-state index in [9.17, 15) is 4.79 Å². The zero-order chi connectivity index (χ0) is 25.2. The molecule has 0 aliphatic carbocycles. The number of nitrogens with zero attached hydrogens (tertiary/aromatic N) is 5. The summed E-state index contributed by atoms with van der Waals surface area (Å²) in [5.41, 5.74) is 5.93. The van der Waals surface area contributed by atoms with Crippen LogP contribution in [0.5, 0.6) is 0 Å². The number of hydrogen-bond acceptors (Lipinski definition) is 6. The molecule has 1 amide bonds. The summed E-state index contributed by atoms with van der Waals surface area (Å²) < 4.78 is 7.38. The minimum Gasteiger partial charge on any atom is -0.444 e. The molecule has 0 aliphatic rings. The fourth-order valence-electron chi connectivity index (χ4n) is 3.84. The third kappa shape index (κ3) is 5.84. The molecule has 1 N–H and O–H groups in total. The Kier molecular flexibility index (Phi) is 6.84. The van der Waals surface area contributed by atoms with Gasteiger partial charge in [-0.05, 0) is 70.6 Å². The molecule has 0 atom stereocenters. The van der Waals surface area contributed by atoms with Crippen LogP contribution in [0.25, 0.3) is 28.3 Å². The van der Waals surface area contributed by atoms with Crippen LogP contribution in [0.4, 0.5) is 10.7 Å². The highest BCUT2D eigenvalue weighted by atomic mass is 16.6. The molecule has 3 heterocycles. The van der Waals surface area contributed by atoms with Crippen molar-refractivity contribution < 1.29 is 9.53 Å². The van der Waals surface area contributed by atoms with Gasteiger partial charge in [-0.2, -0.15) is 0 Å². The number of carbonyl (C=O) groups excluding carboxylic acids is 1. The van der Waals surface area contributed by atoms with Crippen molar-refractivity contribution >= 4 is 17.7 Å². The van der Waals surface area contributed by atoms with E-state index in [1.165, 1.54) is 11.1 Å². The Hall–Kier alpha value is -3.78. The largest absolute Gasteiger partial charge is 0.444 e. The minimum absolute atomic E-state index is 0.170. The van der Waals surface area contributed by atoms with Crippen molar-refractivity contribution in [3.8, 4) is 22.6 Å². The zero-order valence-electron chi connectivity index (χ0n) is 21.2. The van der Waals surface area contributed by atoms with Gasteiger partial charge in [0.25, 0.3) is 0 Å². The van der Waals surface area contributed by atoms with Crippen LogP contribution in [0, 0.1) is 0 Å². The lowest BCUT2D eigenvalue weighted by atomic mass is 10.1. The zero-order valence-corrected chi connectivity index (χ0v) is 21.2. The van der Waals surface area contributed by atoms with Gasteiger partial charge < -0.3 is 9.64 Å². The van der Waals surface area contributed by atoms with Crippen molar-refractivity contribution in [3.63, 3.8) is 0 Å². The van der Waals surface area contributed by atoms with Gasteiger partial charge in [0.2, 0.25) is 5.95 Å². The van der Waals surface area contributed by atoms with E-state index in [0.717, 1.165) is 35.6 Å². The second-order valence-electron chi connectivity index (χ2n) is 9.75. The highest BCUT2D eigenvalue weighted by Crippen LogP contribution is 2.32. The van der Waals surface area contributed by atoms with E-state index in [2.05, 4.69) is 63.5 Å². The van der Waals surface area contributed by atoms with Crippen LogP contribution < -0.4 is 5.32 Å². The topological polar surface area (TPSA) is 84.7 Å². The van der Waals surface area contributed by atoms with E-state index in [1.807, 2.05) is 51.5 Å². The molecule has 0 spiro atoms. The standard InChI is InChI=1S/C27H32N6O2/c1-7-18-8-10-20(11-9-18)23-24(33-15-13-19(17-32(5)6)16-22(33)30-23)21-12-14-28-25(29-21)31-26(34)35-27(2,3)4/h8-16H,7,17H2,1-6H3,(H,28,29,31,34). The number of ether oxygens (including phenoxy) is 1. The molecule has 0 fully saturated rings. The van der Waals surface area contributed by atoms with Crippen LogP contribution in [0.3, 0.4) is 0 Å². The van der Waals surface area contributed by atoms with Gasteiger partial charge in [0.05, 0.1) is 17.1 Å². The number of imidazole rings is 1. The van der Waals surface area contributed by atoms with Gasteiger partial charge in [-0.1, -0.05) is 31.2 Å². The van der Waals surface area contributed by atoms with Crippen molar-refractivity contribution in [2.45, 2.75) is 46.3 Å². The van der Waals surface area contributed by atoms with Crippen LogP contribution in [-0.4, -0.2) is 50.0 Å². The third-order valence-electron chi connectivity index (χ3n) is 5.34. The Labute approximate surface area is 206 Å². The first kappa shape index (κ1) is 24.3. The third-order valence-corrected chi connectivity index (χ3v) is 5.34. The monoisotopic (exact) mass is 472 g/mol. The SMILES string of the molecule is CCc1ccc(-c2nc3cc(CN(C)C)ccn3c2-c2ccnc(NC(=O)OC(C)(C)C)n2)cc1. The van der Waals surface area contributed by atoms with Gasteiger partial charge >= 0.3 is 6.09 Å². The van der Waals surface area contributed by atoms with Gasteiger partial charge in [-0.3, -0.25) is 9.72 Å². The van der Waals surface area contributed by atoms with Crippen molar-refractivity contribution in [1.82, 2.24) is 24.3 Å². The molecule has 8 nitrogen and oxygen atoms in total. The predicted octanol–water partition coefficient (Wildman–Crippen LogP) is 5.43. The predicted molar refractivity (Wildman–Crippen MR) is 138 cm³/mol. The number of fused-ring (bicyclic) bond motifs is 1. The van der Waals surface area contributed by atoms with Crippen molar-refractivity contribution in [2.75, 3.05) is 19.4 Å². The van der Waals surface area contributed by atoms with Crippen molar-refractivity contribution in [2.24, 2.45) is 0 Å². The Balaban J connectivity index is 1.81. The number of amides is 1. The molecular formula is C27H32N6O2. The Morgan fingerprint density at radius 1 is 1.06 bits per heavy atom. The molecule has 3 aromatic heterocycles. The molecule has 4 aromatic rings. The van der Waals surface area contributed by atoms with Gasteiger partial charge in [-0.15, -0.1) is 0 Å². The molecule has 0 radical (unpaired) electrons. The molecule has 0 saturated heterocycles. The normalized spacial score (nSPS) is 11.7. The molecule has 0 unspecified atom stereocenters. The Bertz CT molecular complexity index is 1340. The van der Waals surface area contributed by atoms with Crippen LogP contribution in [0.2, 0.25) is 0 Å². The van der Waals surface area contributed by atoms with E-state index >= 15 is 0 Å². The Morgan fingerprint density at radius 2 is 1.80 bits per heavy atom. The fraction of sp³-hybridized carbons (Fsp3) is 0.333. The molecule has 0 saturated carbocycles. The molecule has 0 aliphatic heterocycles. The van der Waals surface area contributed by atoms with Crippen LogP contribution in [0.15, 0.2) is 54.9 Å².